The van der Waals surface area contributed by atoms with Gasteiger partial charge in [0.05, 0.1) is 13.1 Å². The zero-order valence-corrected chi connectivity index (χ0v) is 28.4. The van der Waals surface area contributed by atoms with Crippen LogP contribution in [0.2, 0.25) is 0 Å². The standard InChI is InChI=1S/C35H31F5N2O10/c1-31(2,3)51-29(49)41-12-19(43)22-25(45)15-8-7-14(11-17(15)27(22)47)33(35(38,39)40)18-10-9-16-21(24(18)34(33,36)37)28(48)23(26(16)46)20(44)13-42-30(50)52-32(4,5)6/h7-11,22-23H,12-13H2,1-6H3,(H,41,49)(H,42,50). The van der Waals surface area contributed by atoms with Gasteiger partial charge in [0.15, 0.2) is 40.1 Å². The summed E-state index contributed by atoms with van der Waals surface area (Å²) in [4.78, 5) is 102. The van der Waals surface area contributed by atoms with Crippen LogP contribution in [0.1, 0.15) is 99.7 Å². The van der Waals surface area contributed by atoms with Gasteiger partial charge in [-0.3, -0.25) is 28.8 Å². The van der Waals surface area contributed by atoms with Crippen molar-refractivity contribution in [2.75, 3.05) is 13.1 Å². The third-order valence-corrected chi connectivity index (χ3v) is 8.62. The molecule has 2 aromatic rings. The first kappa shape index (κ1) is 37.9. The van der Waals surface area contributed by atoms with Gasteiger partial charge in [-0.15, -0.1) is 0 Å². The molecule has 0 aromatic heterocycles. The van der Waals surface area contributed by atoms with Crippen LogP contribution in [0, 0.1) is 11.8 Å². The molecule has 2 aromatic carbocycles. The number of ketones is 6. The van der Waals surface area contributed by atoms with Crippen molar-refractivity contribution in [3.05, 3.63) is 69.3 Å². The second-order valence-electron chi connectivity index (χ2n) is 14.5. The van der Waals surface area contributed by atoms with Crippen molar-refractivity contribution in [3.63, 3.8) is 0 Å². The van der Waals surface area contributed by atoms with Gasteiger partial charge in [-0.25, -0.2) is 9.59 Å². The molecule has 3 aliphatic carbocycles. The fraction of sp³-hybridized carbons (Fsp3) is 0.429. The van der Waals surface area contributed by atoms with E-state index in [1.165, 1.54) is 41.5 Å². The minimum absolute atomic E-state index is 0.434. The first-order chi connectivity index (χ1) is 23.8. The monoisotopic (exact) mass is 734 g/mol. The third-order valence-electron chi connectivity index (χ3n) is 8.62. The topological polar surface area (TPSA) is 179 Å². The largest absolute Gasteiger partial charge is 0.444 e. The van der Waals surface area contributed by atoms with Crippen LogP contribution in [0.4, 0.5) is 31.5 Å². The SMILES string of the molecule is CC(C)(C)OC(=O)NCC(=O)C1C(=O)c2ccc(C3(C(F)(F)F)c4ccc5c(c4C3(F)F)C(=O)C(C(=O)CNC(=O)OC(C)(C)C)C5=O)cc2C1=O. The van der Waals surface area contributed by atoms with Gasteiger partial charge in [0.1, 0.15) is 23.0 Å². The molecule has 17 heteroatoms. The maximum absolute atomic E-state index is 16.4. The van der Waals surface area contributed by atoms with E-state index in [1.807, 2.05) is 5.32 Å². The van der Waals surface area contributed by atoms with Gasteiger partial charge in [0.2, 0.25) is 0 Å². The fourth-order valence-electron chi connectivity index (χ4n) is 6.61. The molecule has 2 N–H and O–H groups in total. The van der Waals surface area contributed by atoms with Gasteiger partial charge in [0.25, 0.3) is 5.92 Å². The van der Waals surface area contributed by atoms with Crippen LogP contribution in [-0.4, -0.2) is 77.4 Å². The highest BCUT2D eigenvalue weighted by Gasteiger charge is 2.80. The van der Waals surface area contributed by atoms with Crippen LogP contribution < -0.4 is 10.6 Å². The molecule has 3 unspecified atom stereocenters. The molecule has 0 heterocycles. The predicted octanol–water partition coefficient (Wildman–Crippen LogP) is 4.82. The van der Waals surface area contributed by atoms with Crippen LogP contribution in [0.25, 0.3) is 0 Å². The third kappa shape index (κ3) is 5.84. The number of halogens is 5. The Hall–Kier alpha value is -5.35. The average Bonchev–Trinajstić information content (AvgIpc) is 3.39. The Balaban J connectivity index is 1.48. The van der Waals surface area contributed by atoms with Crippen molar-refractivity contribution < 1.29 is 69.8 Å². The van der Waals surface area contributed by atoms with E-state index in [9.17, 15) is 38.4 Å². The zero-order valence-electron chi connectivity index (χ0n) is 28.4. The van der Waals surface area contributed by atoms with Crippen LogP contribution in [0.5, 0.6) is 0 Å². The Bertz CT molecular complexity index is 2010. The molecular formula is C35H31F5N2O10. The smallest absolute Gasteiger partial charge is 0.408 e. The predicted molar refractivity (Wildman–Crippen MR) is 166 cm³/mol. The molecular weight excluding hydrogens is 703 g/mol. The Kier molecular flexibility index (Phi) is 8.83. The summed E-state index contributed by atoms with van der Waals surface area (Å²) in [7, 11) is 0. The average molecular weight is 735 g/mol. The van der Waals surface area contributed by atoms with E-state index in [0.717, 1.165) is 0 Å². The number of nitrogens with one attached hydrogen (secondary N) is 2. The van der Waals surface area contributed by atoms with Crippen molar-refractivity contribution in [1.29, 1.82) is 0 Å². The second-order valence-corrected chi connectivity index (χ2v) is 14.5. The second kappa shape index (κ2) is 12.1. The van der Waals surface area contributed by atoms with E-state index in [-0.39, 0.29) is 0 Å². The normalized spacial score (nSPS) is 21.8. The summed E-state index contributed by atoms with van der Waals surface area (Å²) in [6, 6.07) is 2.98. The summed E-state index contributed by atoms with van der Waals surface area (Å²) < 4.78 is 87.9. The summed E-state index contributed by atoms with van der Waals surface area (Å²) in [5, 5.41) is 4.12. The molecule has 12 nitrogen and oxygen atoms in total. The highest BCUT2D eigenvalue weighted by Crippen LogP contribution is 2.69. The molecule has 0 spiro atoms. The summed E-state index contributed by atoms with van der Waals surface area (Å²) in [6.07, 6.45) is -7.97. The van der Waals surface area contributed by atoms with E-state index in [0.29, 0.717) is 30.3 Å². The number of hydrogen-bond donors (Lipinski definition) is 2. The molecule has 52 heavy (non-hydrogen) atoms. The minimum Gasteiger partial charge on any atom is -0.444 e. The highest BCUT2D eigenvalue weighted by atomic mass is 19.4. The van der Waals surface area contributed by atoms with Gasteiger partial charge >= 0.3 is 18.4 Å². The van der Waals surface area contributed by atoms with Crippen molar-refractivity contribution in [3.8, 4) is 0 Å². The molecule has 0 bridgehead atoms. The van der Waals surface area contributed by atoms with Crippen LogP contribution in [-0.2, 0) is 30.4 Å². The molecule has 0 fully saturated rings. The first-order valence-corrected chi connectivity index (χ1v) is 15.7. The summed E-state index contributed by atoms with van der Waals surface area (Å²) >= 11 is 0. The van der Waals surface area contributed by atoms with Gasteiger partial charge in [0, 0.05) is 27.8 Å². The lowest BCUT2D eigenvalue weighted by atomic mass is 9.55. The number of rotatable bonds is 7. The summed E-state index contributed by atoms with van der Waals surface area (Å²) in [5.41, 5.74) is -13.0. The number of hydrogen-bond acceptors (Lipinski definition) is 10. The van der Waals surface area contributed by atoms with E-state index in [1.54, 1.807) is 0 Å². The molecule has 3 atom stereocenters. The Morgan fingerprint density at radius 1 is 0.673 bits per heavy atom. The Morgan fingerprint density at radius 3 is 1.60 bits per heavy atom. The molecule has 0 saturated heterocycles. The van der Waals surface area contributed by atoms with Gasteiger partial charge < -0.3 is 20.1 Å². The molecule has 5 rings (SSSR count). The Labute approximate surface area is 291 Å². The van der Waals surface area contributed by atoms with Crippen LogP contribution >= 0.6 is 0 Å². The number of ether oxygens (including phenoxy) is 2. The van der Waals surface area contributed by atoms with E-state index in [2.05, 4.69) is 5.32 Å². The lowest BCUT2D eigenvalue weighted by Gasteiger charge is -2.52. The maximum Gasteiger partial charge on any atom is 0.408 e. The number of fused-ring (bicyclic) bond motifs is 4. The van der Waals surface area contributed by atoms with E-state index >= 15 is 22.0 Å². The number of amides is 2. The van der Waals surface area contributed by atoms with E-state index < -0.39 is 139 Å². The number of Topliss-reactive ketones (excluding diaryl/α,β-unsaturated/α-hetero) is 6. The molecule has 276 valence electrons. The number of alkyl halides is 5. The van der Waals surface area contributed by atoms with Crippen molar-refractivity contribution >= 4 is 46.9 Å². The highest BCUT2D eigenvalue weighted by molar-refractivity contribution is 6.37. The molecule has 0 saturated carbocycles. The number of benzene rings is 2. The number of carbonyl (C=O) groups excluding carboxylic acids is 8. The molecule has 0 aliphatic heterocycles. The first-order valence-electron chi connectivity index (χ1n) is 15.7. The van der Waals surface area contributed by atoms with Crippen molar-refractivity contribution in [1.82, 2.24) is 10.6 Å². The fourth-order valence-corrected chi connectivity index (χ4v) is 6.61. The maximum atomic E-state index is 16.4. The molecule has 0 radical (unpaired) electrons. The Morgan fingerprint density at radius 2 is 1.12 bits per heavy atom. The van der Waals surface area contributed by atoms with Gasteiger partial charge in [-0.2, -0.15) is 22.0 Å². The van der Waals surface area contributed by atoms with Crippen LogP contribution in [0.15, 0.2) is 30.3 Å². The summed E-state index contributed by atoms with van der Waals surface area (Å²) in [6.45, 7) is 7.33. The number of alkyl carbamates (subject to hydrolysis) is 2. The zero-order chi connectivity index (χ0) is 39.1. The lowest BCUT2D eigenvalue weighted by Crippen LogP contribution is -2.63. The lowest BCUT2D eigenvalue weighted by molar-refractivity contribution is -0.267. The molecule has 2 amide bonds. The summed E-state index contributed by atoms with van der Waals surface area (Å²) in [5.74, 6) is -16.8. The molecule has 3 aliphatic rings. The van der Waals surface area contributed by atoms with Crippen LogP contribution in [0.3, 0.4) is 0 Å². The minimum atomic E-state index is -5.82. The number of carbonyl (C=O) groups is 8. The van der Waals surface area contributed by atoms with Gasteiger partial charge in [-0.1, -0.05) is 24.3 Å². The van der Waals surface area contributed by atoms with Crippen molar-refractivity contribution in [2.45, 2.75) is 70.3 Å². The quantitative estimate of drug-likeness (QED) is 0.296. The van der Waals surface area contributed by atoms with Crippen molar-refractivity contribution in [2.24, 2.45) is 11.8 Å². The van der Waals surface area contributed by atoms with E-state index in [4.69, 9.17) is 9.47 Å². The van der Waals surface area contributed by atoms with Gasteiger partial charge in [-0.05, 0) is 58.7 Å².